The maximum Gasteiger partial charge on any atom is 0.145 e. The second-order valence-corrected chi connectivity index (χ2v) is 10.00. The number of fused-ring (bicyclic) bond motifs is 3. The highest BCUT2D eigenvalue weighted by atomic mass is 16.5. The molecule has 2 aliphatic heterocycles. The van der Waals surface area contributed by atoms with Gasteiger partial charge in [-0.1, -0.05) is 12.1 Å². The van der Waals surface area contributed by atoms with E-state index in [1.54, 1.807) is 7.11 Å². The molecule has 1 aromatic heterocycles. The smallest absolute Gasteiger partial charge is 0.145 e. The van der Waals surface area contributed by atoms with Crippen molar-refractivity contribution < 1.29 is 9.47 Å². The lowest BCUT2D eigenvalue weighted by atomic mass is 9.97. The van der Waals surface area contributed by atoms with Gasteiger partial charge >= 0.3 is 0 Å². The fourth-order valence-corrected chi connectivity index (χ4v) is 5.20. The number of nitrogens with zero attached hydrogens (tertiary/aromatic N) is 5. The average Bonchev–Trinajstić information content (AvgIpc) is 3.25. The molecule has 0 fully saturated rings. The van der Waals surface area contributed by atoms with Gasteiger partial charge in [0.05, 0.1) is 31.4 Å². The largest absolute Gasteiger partial charge is 0.497 e. The summed E-state index contributed by atoms with van der Waals surface area (Å²) in [6.07, 6.45) is 2.89. The Morgan fingerprint density at radius 1 is 1.00 bits per heavy atom. The van der Waals surface area contributed by atoms with E-state index < -0.39 is 0 Å². The Morgan fingerprint density at radius 3 is 2.73 bits per heavy atom. The molecule has 0 saturated carbocycles. The number of aromatic nitrogens is 2. The predicted octanol–water partition coefficient (Wildman–Crippen LogP) is 5.33. The molecule has 7 heteroatoms. The molecule has 3 heterocycles. The molecule has 3 aromatic carbocycles. The number of hydrogen-bond acceptors (Lipinski definition) is 7. The third kappa shape index (κ3) is 4.51. The molecule has 0 radical (unpaired) electrons. The zero-order valence-electron chi connectivity index (χ0n) is 21.8. The van der Waals surface area contributed by atoms with Gasteiger partial charge in [-0.05, 0) is 73.6 Å². The lowest BCUT2D eigenvalue weighted by Crippen LogP contribution is -2.27. The van der Waals surface area contributed by atoms with E-state index in [4.69, 9.17) is 19.4 Å². The number of benzene rings is 3. The van der Waals surface area contributed by atoms with Crippen LogP contribution < -0.4 is 14.4 Å². The molecule has 0 amide bonds. The van der Waals surface area contributed by atoms with Crippen molar-refractivity contribution in [1.82, 2.24) is 14.9 Å². The van der Waals surface area contributed by atoms with E-state index in [0.29, 0.717) is 19.7 Å². The minimum atomic E-state index is 0.589. The second kappa shape index (κ2) is 9.48. The Hall–Kier alpha value is -3.97. The first-order chi connectivity index (χ1) is 18.0. The third-order valence-electron chi connectivity index (χ3n) is 6.97. The van der Waals surface area contributed by atoms with Crippen LogP contribution in [0.1, 0.15) is 22.5 Å². The lowest BCUT2D eigenvalue weighted by molar-refractivity contribution is 0.329. The first kappa shape index (κ1) is 23.4. The van der Waals surface area contributed by atoms with E-state index in [1.165, 1.54) is 16.7 Å². The maximum absolute atomic E-state index is 6.30. The molecule has 0 atom stereocenters. The van der Waals surface area contributed by atoms with Crippen LogP contribution in [0.3, 0.4) is 0 Å². The molecule has 0 aliphatic carbocycles. The monoisotopic (exact) mass is 493 g/mol. The number of anilines is 1. The average molecular weight is 494 g/mol. The van der Waals surface area contributed by atoms with E-state index in [9.17, 15) is 0 Å². The summed E-state index contributed by atoms with van der Waals surface area (Å²) < 4.78 is 11.8. The molecule has 7 nitrogen and oxygen atoms in total. The summed E-state index contributed by atoms with van der Waals surface area (Å²) in [7, 11) is 5.74. The number of hydrogen-bond donors (Lipinski definition) is 0. The number of aryl methyl sites for hydroxylation is 1. The van der Waals surface area contributed by atoms with Crippen LogP contribution in [0.25, 0.3) is 22.0 Å². The summed E-state index contributed by atoms with van der Waals surface area (Å²) in [5.74, 6) is 3.47. The van der Waals surface area contributed by atoms with Crippen molar-refractivity contribution >= 4 is 28.6 Å². The molecular formula is C30H31N5O2. The van der Waals surface area contributed by atoms with Gasteiger partial charge in [-0.2, -0.15) is 0 Å². The molecule has 0 saturated heterocycles. The molecule has 188 valence electrons. The quantitative estimate of drug-likeness (QED) is 0.374. The van der Waals surface area contributed by atoms with Crippen LogP contribution in [0, 0.1) is 6.92 Å². The van der Waals surface area contributed by atoms with E-state index >= 15 is 0 Å². The van der Waals surface area contributed by atoms with Gasteiger partial charge in [-0.25, -0.2) is 9.97 Å². The predicted molar refractivity (Wildman–Crippen MR) is 148 cm³/mol. The van der Waals surface area contributed by atoms with Crippen molar-refractivity contribution in [2.24, 2.45) is 4.99 Å². The van der Waals surface area contributed by atoms with E-state index in [0.717, 1.165) is 63.8 Å². The fraction of sp³-hybridized carbons (Fsp3) is 0.300. The topological polar surface area (TPSA) is 63.1 Å². The van der Waals surface area contributed by atoms with Crippen LogP contribution in [-0.4, -0.2) is 55.4 Å². The van der Waals surface area contributed by atoms with Crippen LogP contribution in [-0.2, 0) is 19.5 Å². The second-order valence-electron chi connectivity index (χ2n) is 10.00. The summed E-state index contributed by atoms with van der Waals surface area (Å²) in [5, 5.41) is 1.01. The van der Waals surface area contributed by atoms with Crippen molar-refractivity contribution in [2.45, 2.75) is 26.4 Å². The van der Waals surface area contributed by atoms with Crippen molar-refractivity contribution in [1.29, 1.82) is 0 Å². The van der Waals surface area contributed by atoms with Crippen molar-refractivity contribution in [2.75, 3.05) is 39.3 Å². The summed E-state index contributed by atoms with van der Waals surface area (Å²) in [5.41, 5.74) is 7.89. The zero-order chi connectivity index (χ0) is 25.5. The summed E-state index contributed by atoms with van der Waals surface area (Å²) in [4.78, 5) is 18.8. The Morgan fingerprint density at radius 2 is 1.89 bits per heavy atom. The van der Waals surface area contributed by atoms with E-state index in [2.05, 4.69) is 58.1 Å². The SMILES string of the molecule is COc1ccc2c(N3CCOc4c(C)cc(-c5ccc6c(c5)N=CC6)cc4C3)nc(CN(C)C)nc2c1. The van der Waals surface area contributed by atoms with Crippen LogP contribution in [0.15, 0.2) is 53.5 Å². The first-order valence-corrected chi connectivity index (χ1v) is 12.6. The van der Waals surface area contributed by atoms with E-state index in [1.807, 2.05) is 32.4 Å². The number of aliphatic imine (C=N–C) groups is 1. The van der Waals surface area contributed by atoms with Gasteiger partial charge in [0.15, 0.2) is 0 Å². The maximum atomic E-state index is 6.30. The molecule has 0 N–H and O–H groups in total. The molecule has 37 heavy (non-hydrogen) atoms. The summed E-state index contributed by atoms with van der Waals surface area (Å²) in [6.45, 7) is 4.81. The van der Waals surface area contributed by atoms with Crippen LogP contribution in [0.5, 0.6) is 11.5 Å². The molecule has 0 unspecified atom stereocenters. The minimum absolute atomic E-state index is 0.589. The highest BCUT2D eigenvalue weighted by Gasteiger charge is 2.23. The van der Waals surface area contributed by atoms with E-state index in [-0.39, 0.29) is 0 Å². The molecular weight excluding hydrogens is 462 g/mol. The third-order valence-corrected chi connectivity index (χ3v) is 6.97. The molecule has 4 aromatic rings. The van der Waals surface area contributed by atoms with Gasteiger partial charge < -0.3 is 19.3 Å². The van der Waals surface area contributed by atoms with Gasteiger partial charge in [-0.15, -0.1) is 0 Å². The Labute approximate surface area is 217 Å². The van der Waals surface area contributed by atoms with Gasteiger partial charge in [0.25, 0.3) is 0 Å². The van der Waals surface area contributed by atoms with Gasteiger partial charge in [0, 0.05) is 36.2 Å². The van der Waals surface area contributed by atoms with Gasteiger partial charge in [-0.3, -0.25) is 4.99 Å². The molecule has 6 rings (SSSR count). The molecule has 2 aliphatic rings. The number of ether oxygens (including phenoxy) is 2. The number of rotatable bonds is 5. The Balaban J connectivity index is 1.42. The highest BCUT2D eigenvalue weighted by Crippen LogP contribution is 2.37. The summed E-state index contributed by atoms with van der Waals surface area (Å²) >= 11 is 0. The lowest BCUT2D eigenvalue weighted by Gasteiger charge is -2.24. The Bertz CT molecular complexity index is 1530. The normalized spacial score (nSPS) is 14.5. The fourth-order valence-electron chi connectivity index (χ4n) is 5.20. The molecule has 0 spiro atoms. The van der Waals surface area contributed by atoms with Crippen molar-refractivity contribution in [3.8, 4) is 22.6 Å². The first-order valence-electron chi connectivity index (χ1n) is 12.6. The Kier molecular flexibility index (Phi) is 6.00. The van der Waals surface area contributed by atoms with Crippen LogP contribution in [0.2, 0.25) is 0 Å². The van der Waals surface area contributed by atoms with Crippen molar-refractivity contribution in [3.05, 3.63) is 71.0 Å². The molecule has 0 bridgehead atoms. The van der Waals surface area contributed by atoms with Gasteiger partial charge in [0.1, 0.15) is 29.7 Å². The number of methoxy groups -OCH3 is 1. The standard InChI is InChI=1S/C30H31N5O2/c1-19-13-22(21-6-5-20-9-10-31-26(20)15-21)14-23-17-35(11-12-37-29(19)23)30-25-8-7-24(36-4)16-27(25)32-28(33-30)18-34(2)3/h5-8,10,13-16H,9,11-12,17-18H2,1-4H3. The zero-order valence-corrected chi connectivity index (χ0v) is 21.8. The van der Waals surface area contributed by atoms with Crippen LogP contribution >= 0.6 is 0 Å². The minimum Gasteiger partial charge on any atom is -0.497 e. The summed E-state index contributed by atoms with van der Waals surface area (Å²) in [6, 6.07) is 17.1. The highest BCUT2D eigenvalue weighted by molar-refractivity contribution is 5.90. The van der Waals surface area contributed by atoms with Crippen molar-refractivity contribution in [3.63, 3.8) is 0 Å². The van der Waals surface area contributed by atoms with Gasteiger partial charge in [0.2, 0.25) is 0 Å². The van der Waals surface area contributed by atoms with Crippen LogP contribution in [0.4, 0.5) is 11.5 Å².